The van der Waals surface area contributed by atoms with E-state index in [0.717, 1.165) is 12.1 Å². The molecular weight excluding hydrogens is 330 g/mol. The molecule has 5 nitrogen and oxygen atoms in total. The third kappa shape index (κ3) is 4.76. The largest absolute Gasteiger partial charge is 1.00 e. The van der Waals surface area contributed by atoms with Gasteiger partial charge in [-0.2, -0.15) is 0 Å². The summed E-state index contributed by atoms with van der Waals surface area (Å²) in [6.45, 7) is 2.63. The Balaban J connectivity index is 0.00000180. The van der Waals surface area contributed by atoms with Crippen molar-refractivity contribution in [1.82, 2.24) is 9.55 Å². The minimum atomic E-state index is -0.214. The van der Waals surface area contributed by atoms with Crippen LogP contribution in [0.2, 0.25) is 0 Å². The highest BCUT2D eigenvalue weighted by Gasteiger charge is 2.09. The molecule has 0 aliphatic rings. The van der Waals surface area contributed by atoms with Crippen molar-refractivity contribution in [2.75, 3.05) is 6.61 Å². The number of hydrogen-bond acceptors (Lipinski definition) is 4. The Labute approximate surface area is 126 Å². The van der Waals surface area contributed by atoms with Crippen molar-refractivity contribution in [1.29, 1.82) is 0 Å². The monoisotopic (exact) mass is 345 g/mol. The van der Waals surface area contributed by atoms with Gasteiger partial charge >= 0.3 is 5.97 Å². The fourth-order valence-corrected chi connectivity index (χ4v) is 2.38. The fraction of sp³-hybridized carbons (Fsp3) is 0.417. The summed E-state index contributed by atoms with van der Waals surface area (Å²) in [7, 11) is 1.91. The Morgan fingerprint density at radius 2 is 2.37 bits per heavy atom. The molecule has 0 spiro atoms. The molecule has 0 fully saturated rings. The smallest absolute Gasteiger partial charge is 0.348 e. The average Bonchev–Trinajstić information content (AvgIpc) is 2.89. The van der Waals surface area contributed by atoms with E-state index in [1.165, 1.54) is 4.88 Å². The molecule has 7 heteroatoms. The maximum Gasteiger partial charge on any atom is 0.348 e. The molecule has 0 N–H and O–H groups in total. The van der Waals surface area contributed by atoms with E-state index in [9.17, 15) is 4.79 Å². The molecular formula is C12H16BrN3O2S. The molecule has 0 bridgehead atoms. The fourth-order valence-electron chi connectivity index (χ4n) is 1.61. The summed E-state index contributed by atoms with van der Waals surface area (Å²) in [5.74, 6) is -0.214. The van der Waals surface area contributed by atoms with E-state index in [2.05, 4.69) is 4.98 Å². The third-order valence-electron chi connectivity index (χ3n) is 2.57. The number of rotatable bonds is 5. The van der Waals surface area contributed by atoms with Crippen LogP contribution < -0.4 is 21.5 Å². The van der Waals surface area contributed by atoms with Crippen LogP contribution in [0.25, 0.3) is 0 Å². The van der Waals surface area contributed by atoms with Gasteiger partial charge in [0.05, 0.1) is 24.9 Å². The maximum atomic E-state index is 11.6. The molecule has 2 heterocycles. The van der Waals surface area contributed by atoms with Crippen molar-refractivity contribution in [3.05, 3.63) is 34.8 Å². The zero-order valence-corrected chi connectivity index (χ0v) is 13.3. The lowest BCUT2D eigenvalue weighted by Gasteiger charge is -2.02. The molecule has 0 saturated heterocycles. The summed E-state index contributed by atoms with van der Waals surface area (Å²) in [6.07, 6.45) is 6.30. The van der Waals surface area contributed by atoms with Gasteiger partial charge in [-0.25, -0.2) is 18.9 Å². The van der Waals surface area contributed by atoms with E-state index < -0.39 is 0 Å². The maximum absolute atomic E-state index is 11.6. The molecule has 2 aromatic heterocycles. The standard InChI is InChI=1S/C12H16N3O2S.BrH/c1-10-11(18-8-13-10)3-6-17-12(16)7-15-5-4-14(2)9-15;/h4-5,8-9H,3,6-7H2,1-2H3;1H/q+1;/p-1. The second-order valence-corrected chi connectivity index (χ2v) is 5.02. The molecule has 0 saturated carbocycles. The summed E-state index contributed by atoms with van der Waals surface area (Å²) in [5, 5.41) is 0. The molecule has 0 aliphatic heterocycles. The molecule has 0 aliphatic carbocycles. The Bertz CT molecular complexity index is 539. The summed E-state index contributed by atoms with van der Waals surface area (Å²) in [4.78, 5) is 16.9. The Morgan fingerprint density at radius 3 is 2.95 bits per heavy atom. The second-order valence-electron chi connectivity index (χ2n) is 4.08. The number of thiazole rings is 1. The van der Waals surface area contributed by atoms with Crippen molar-refractivity contribution in [2.45, 2.75) is 19.9 Å². The predicted octanol–water partition coefficient (Wildman–Crippen LogP) is -2.13. The minimum absolute atomic E-state index is 0. The van der Waals surface area contributed by atoms with Crippen LogP contribution in [0.4, 0.5) is 0 Å². The number of aryl methyl sites for hydroxylation is 2. The van der Waals surface area contributed by atoms with Crippen LogP contribution >= 0.6 is 11.3 Å². The third-order valence-corrected chi connectivity index (χ3v) is 3.57. The highest BCUT2D eigenvalue weighted by atomic mass is 79.9. The van der Waals surface area contributed by atoms with Gasteiger partial charge in [0.1, 0.15) is 12.4 Å². The van der Waals surface area contributed by atoms with Gasteiger partial charge in [-0.1, -0.05) is 0 Å². The van der Waals surface area contributed by atoms with Crippen LogP contribution in [0, 0.1) is 6.92 Å². The first-order valence-corrected chi connectivity index (χ1v) is 6.58. The normalized spacial score (nSPS) is 10.0. The van der Waals surface area contributed by atoms with Crippen molar-refractivity contribution >= 4 is 17.3 Å². The minimum Gasteiger partial charge on any atom is -1.00 e. The van der Waals surface area contributed by atoms with Gasteiger partial charge in [-0.05, 0) is 6.92 Å². The first kappa shape index (κ1) is 15.8. The summed E-state index contributed by atoms with van der Waals surface area (Å²) >= 11 is 1.60. The number of hydrogen-bond donors (Lipinski definition) is 0. The molecule has 0 unspecified atom stereocenters. The zero-order valence-electron chi connectivity index (χ0n) is 10.9. The summed E-state index contributed by atoms with van der Waals surface area (Å²) < 4.78 is 8.87. The number of carbonyl (C=O) groups is 1. The molecule has 2 aromatic rings. The van der Waals surface area contributed by atoms with Crippen LogP contribution in [0.3, 0.4) is 0 Å². The molecule has 0 atom stereocenters. The number of ether oxygens (including phenoxy) is 1. The first-order valence-electron chi connectivity index (χ1n) is 5.71. The highest BCUT2D eigenvalue weighted by molar-refractivity contribution is 7.09. The Kier molecular flexibility index (Phi) is 6.17. The van der Waals surface area contributed by atoms with Gasteiger partial charge in [0.15, 0.2) is 6.54 Å². The first-order chi connectivity index (χ1) is 8.65. The summed E-state index contributed by atoms with van der Waals surface area (Å²) in [5.41, 5.74) is 2.83. The molecule has 0 amide bonds. The summed E-state index contributed by atoms with van der Waals surface area (Å²) in [6, 6.07) is 0. The topological polar surface area (TPSA) is 48.0 Å². The second kappa shape index (κ2) is 7.40. The number of imidazole rings is 1. The number of carbonyl (C=O) groups excluding carboxylic acids is 1. The molecule has 0 radical (unpaired) electrons. The number of halogens is 1. The quantitative estimate of drug-likeness (QED) is 0.459. The van der Waals surface area contributed by atoms with E-state index in [1.807, 2.05) is 42.8 Å². The molecule has 0 aromatic carbocycles. The van der Waals surface area contributed by atoms with E-state index in [0.29, 0.717) is 6.61 Å². The average molecular weight is 346 g/mol. The number of aromatic nitrogens is 3. The van der Waals surface area contributed by atoms with Crippen LogP contribution in [0.5, 0.6) is 0 Å². The van der Waals surface area contributed by atoms with Gasteiger partial charge in [0.25, 0.3) is 0 Å². The van der Waals surface area contributed by atoms with Crippen LogP contribution in [0.1, 0.15) is 10.6 Å². The van der Waals surface area contributed by atoms with Gasteiger partial charge in [0, 0.05) is 11.3 Å². The lowest BCUT2D eigenvalue weighted by molar-refractivity contribution is -0.671. The van der Waals surface area contributed by atoms with Crippen molar-refractivity contribution < 1.29 is 31.1 Å². The van der Waals surface area contributed by atoms with Gasteiger partial charge in [-0.15, -0.1) is 11.3 Å². The SMILES string of the molecule is Cc1ncsc1CCOC(=O)Cn1cc[n+](C)c1.[Br-]. The van der Waals surface area contributed by atoms with Gasteiger partial charge in [-0.3, -0.25) is 0 Å². The van der Waals surface area contributed by atoms with Crippen LogP contribution in [0.15, 0.2) is 24.2 Å². The lowest BCUT2D eigenvalue weighted by atomic mass is 10.3. The van der Waals surface area contributed by atoms with Crippen molar-refractivity contribution in [2.24, 2.45) is 7.05 Å². The molecule has 2 rings (SSSR count). The molecule has 19 heavy (non-hydrogen) atoms. The number of nitrogens with zero attached hydrogens (tertiary/aromatic N) is 3. The Hall–Kier alpha value is -1.21. The Morgan fingerprint density at radius 1 is 1.58 bits per heavy atom. The van der Waals surface area contributed by atoms with Gasteiger partial charge in [0.2, 0.25) is 6.33 Å². The highest BCUT2D eigenvalue weighted by Crippen LogP contribution is 2.12. The lowest BCUT2D eigenvalue weighted by Crippen LogP contribution is -3.00. The van der Waals surface area contributed by atoms with E-state index in [4.69, 9.17) is 4.74 Å². The predicted molar refractivity (Wildman–Crippen MR) is 67.1 cm³/mol. The van der Waals surface area contributed by atoms with E-state index >= 15 is 0 Å². The van der Waals surface area contributed by atoms with Crippen LogP contribution in [-0.4, -0.2) is 22.1 Å². The van der Waals surface area contributed by atoms with Crippen LogP contribution in [-0.2, 0) is 29.5 Å². The van der Waals surface area contributed by atoms with Gasteiger partial charge < -0.3 is 21.7 Å². The zero-order chi connectivity index (χ0) is 13.0. The van der Waals surface area contributed by atoms with E-state index in [1.54, 1.807) is 15.9 Å². The number of esters is 1. The van der Waals surface area contributed by atoms with Crippen molar-refractivity contribution in [3.8, 4) is 0 Å². The molecule has 104 valence electrons. The van der Waals surface area contributed by atoms with E-state index in [-0.39, 0.29) is 29.5 Å². The van der Waals surface area contributed by atoms with Crippen molar-refractivity contribution in [3.63, 3.8) is 0 Å².